The lowest BCUT2D eigenvalue weighted by atomic mass is 10.4. The first kappa shape index (κ1) is 15.3. The molecular formula is C11H23NO4. The summed E-state index contributed by atoms with van der Waals surface area (Å²) in [6, 6.07) is 0. The van der Waals surface area contributed by atoms with Gasteiger partial charge < -0.3 is 19.5 Å². The van der Waals surface area contributed by atoms with Gasteiger partial charge in [0.15, 0.2) is 0 Å². The number of nitrogens with one attached hydrogen (secondary N) is 1. The molecule has 1 amide bonds. The zero-order valence-corrected chi connectivity index (χ0v) is 10.3. The third-order valence-electron chi connectivity index (χ3n) is 1.84. The molecule has 1 N–H and O–H groups in total. The van der Waals surface area contributed by atoms with Gasteiger partial charge in [-0.3, -0.25) is 4.79 Å². The molecule has 96 valence electrons. The Bertz CT molecular complexity index is 164. The molecule has 0 saturated carbocycles. The van der Waals surface area contributed by atoms with E-state index in [1.165, 1.54) is 0 Å². The predicted molar refractivity (Wildman–Crippen MR) is 61.4 cm³/mol. The van der Waals surface area contributed by atoms with Crippen LogP contribution in [0.1, 0.15) is 19.8 Å². The molecule has 0 aromatic heterocycles. The first-order valence-corrected chi connectivity index (χ1v) is 5.75. The summed E-state index contributed by atoms with van der Waals surface area (Å²) in [5.74, 6) is -0.00566. The maximum atomic E-state index is 10.8. The largest absolute Gasteiger partial charge is 0.379 e. The monoisotopic (exact) mass is 233 g/mol. The Morgan fingerprint density at radius 2 is 1.44 bits per heavy atom. The van der Waals surface area contributed by atoms with Crippen molar-refractivity contribution in [3.8, 4) is 0 Å². The van der Waals surface area contributed by atoms with E-state index in [0.717, 1.165) is 13.0 Å². The molecule has 16 heavy (non-hydrogen) atoms. The Hall–Kier alpha value is -0.650. The predicted octanol–water partition coefficient (Wildman–Crippen LogP) is 0.582. The summed E-state index contributed by atoms with van der Waals surface area (Å²) in [5, 5.41) is 2.53. The molecule has 5 heteroatoms. The van der Waals surface area contributed by atoms with Crippen LogP contribution in [0.2, 0.25) is 0 Å². The summed E-state index contributed by atoms with van der Waals surface area (Å²) in [7, 11) is 1.61. The number of rotatable bonds is 11. The van der Waals surface area contributed by atoms with Crippen molar-refractivity contribution in [1.82, 2.24) is 5.32 Å². The van der Waals surface area contributed by atoms with Crippen LogP contribution in [0.5, 0.6) is 0 Å². The fourth-order valence-corrected chi connectivity index (χ4v) is 0.976. The van der Waals surface area contributed by atoms with Gasteiger partial charge in [0, 0.05) is 20.1 Å². The van der Waals surface area contributed by atoms with E-state index < -0.39 is 0 Å². The van der Waals surface area contributed by atoms with E-state index in [1.807, 2.05) is 0 Å². The maximum absolute atomic E-state index is 10.8. The van der Waals surface area contributed by atoms with E-state index in [-0.39, 0.29) is 5.91 Å². The Morgan fingerprint density at radius 1 is 0.938 bits per heavy atom. The molecule has 0 rings (SSSR count). The highest BCUT2D eigenvalue weighted by molar-refractivity contribution is 5.75. The smallest absolute Gasteiger partial charge is 0.222 e. The quantitative estimate of drug-likeness (QED) is 0.530. The van der Waals surface area contributed by atoms with Crippen LogP contribution in [0.15, 0.2) is 0 Å². The van der Waals surface area contributed by atoms with Gasteiger partial charge in [0.1, 0.15) is 0 Å². The molecule has 0 aliphatic carbocycles. The molecule has 0 aromatic carbocycles. The molecule has 0 saturated heterocycles. The van der Waals surface area contributed by atoms with E-state index in [2.05, 4.69) is 12.2 Å². The number of hydrogen-bond donors (Lipinski definition) is 1. The van der Waals surface area contributed by atoms with E-state index in [4.69, 9.17) is 14.2 Å². The average molecular weight is 233 g/mol. The number of amides is 1. The van der Waals surface area contributed by atoms with Crippen LogP contribution in [0.3, 0.4) is 0 Å². The van der Waals surface area contributed by atoms with Crippen molar-refractivity contribution >= 4 is 5.91 Å². The van der Waals surface area contributed by atoms with Gasteiger partial charge in [-0.15, -0.1) is 0 Å². The molecule has 0 fully saturated rings. The van der Waals surface area contributed by atoms with Gasteiger partial charge in [-0.2, -0.15) is 0 Å². The summed E-state index contributed by atoms with van der Waals surface area (Å²) < 4.78 is 15.7. The topological polar surface area (TPSA) is 56.8 Å². The van der Waals surface area contributed by atoms with E-state index >= 15 is 0 Å². The molecule has 0 aromatic rings. The molecule has 0 radical (unpaired) electrons. The highest BCUT2D eigenvalue weighted by atomic mass is 16.5. The standard InChI is InChI=1S/C11H23NO4/c1-3-5-14-7-9-16-10-8-15-6-4-11(13)12-2/h3-10H2,1-2H3,(H,12,13). The van der Waals surface area contributed by atoms with Crippen molar-refractivity contribution in [2.75, 3.05) is 46.7 Å². The maximum Gasteiger partial charge on any atom is 0.222 e. The Balaban J connectivity index is 2.96. The highest BCUT2D eigenvalue weighted by Gasteiger charge is 1.96. The number of carbonyl (C=O) groups excluding carboxylic acids is 1. The third-order valence-corrected chi connectivity index (χ3v) is 1.84. The summed E-state index contributed by atoms with van der Waals surface area (Å²) in [4.78, 5) is 10.8. The second kappa shape index (κ2) is 12.4. The van der Waals surface area contributed by atoms with Gasteiger partial charge in [0.2, 0.25) is 5.91 Å². The van der Waals surface area contributed by atoms with E-state index in [0.29, 0.717) is 39.5 Å². The summed E-state index contributed by atoms with van der Waals surface area (Å²) in [6.45, 7) is 5.58. The molecule has 5 nitrogen and oxygen atoms in total. The van der Waals surface area contributed by atoms with E-state index in [1.54, 1.807) is 7.05 Å². The number of hydrogen-bond acceptors (Lipinski definition) is 4. The minimum Gasteiger partial charge on any atom is -0.379 e. The zero-order chi connectivity index (χ0) is 12.1. The second-order valence-corrected chi connectivity index (χ2v) is 3.26. The van der Waals surface area contributed by atoms with Crippen LogP contribution in [0.25, 0.3) is 0 Å². The normalized spacial score (nSPS) is 10.4. The lowest BCUT2D eigenvalue weighted by molar-refractivity contribution is -0.121. The fraction of sp³-hybridized carbons (Fsp3) is 0.909. The van der Waals surface area contributed by atoms with Crippen LogP contribution in [-0.4, -0.2) is 52.6 Å². The van der Waals surface area contributed by atoms with E-state index in [9.17, 15) is 4.79 Å². The summed E-state index contributed by atoms with van der Waals surface area (Å²) in [6.07, 6.45) is 1.43. The Labute approximate surface area is 97.4 Å². The van der Waals surface area contributed by atoms with Crippen LogP contribution < -0.4 is 5.32 Å². The lowest BCUT2D eigenvalue weighted by Gasteiger charge is -2.05. The van der Waals surface area contributed by atoms with Gasteiger partial charge in [-0.1, -0.05) is 6.92 Å². The summed E-state index contributed by atoms with van der Waals surface area (Å²) in [5.41, 5.74) is 0. The van der Waals surface area contributed by atoms with Gasteiger partial charge in [0.25, 0.3) is 0 Å². The minimum atomic E-state index is -0.00566. The van der Waals surface area contributed by atoms with Crippen LogP contribution in [0.4, 0.5) is 0 Å². The molecule has 0 aliphatic heterocycles. The first-order chi connectivity index (χ1) is 7.81. The highest BCUT2D eigenvalue weighted by Crippen LogP contribution is 1.85. The van der Waals surface area contributed by atoms with Gasteiger partial charge in [0.05, 0.1) is 33.0 Å². The molecule has 0 aliphatic rings. The Morgan fingerprint density at radius 3 is 1.94 bits per heavy atom. The average Bonchev–Trinajstić information content (AvgIpc) is 2.31. The lowest BCUT2D eigenvalue weighted by Crippen LogP contribution is -2.20. The van der Waals surface area contributed by atoms with Crippen molar-refractivity contribution < 1.29 is 19.0 Å². The number of ether oxygens (including phenoxy) is 3. The summed E-state index contributed by atoms with van der Waals surface area (Å²) >= 11 is 0. The van der Waals surface area contributed by atoms with Gasteiger partial charge in [-0.05, 0) is 6.42 Å². The Kier molecular flexibility index (Phi) is 11.9. The van der Waals surface area contributed by atoms with Crippen LogP contribution in [-0.2, 0) is 19.0 Å². The molecule has 0 bridgehead atoms. The zero-order valence-electron chi connectivity index (χ0n) is 10.3. The van der Waals surface area contributed by atoms with Crippen molar-refractivity contribution in [2.24, 2.45) is 0 Å². The van der Waals surface area contributed by atoms with Crippen molar-refractivity contribution in [1.29, 1.82) is 0 Å². The SMILES string of the molecule is CCCOCCOCCOCCC(=O)NC. The van der Waals surface area contributed by atoms with Crippen molar-refractivity contribution in [3.63, 3.8) is 0 Å². The van der Waals surface area contributed by atoms with Crippen LogP contribution >= 0.6 is 0 Å². The van der Waals surface area contributed by atoms with Gasteiger partial charge in [-0.25, -0.2) is 0 Å². The molecule has 0 spiro atoms. The fourth-order valence-electron chi connectivity index (χ4n) is 0.976. The molecule has 0 heterocycles. The molecule has 0 unspecified atom stereocenters. The second-order valence-electron chi connectivity index (χ2n) is 3.26. The molecule has 0 atom stereocenters. The third kappa shape index (κ3) is 11.4. The van der Waals surface area contributed by atoms with Crippen molar-refractivity contribution in [2.45, 2.75) is 19.8 Å². The first-order valence-electron chi connectivity index (χ1n) is 5.75. The minimum absolute atomic E-state index is 0.00566. The number of carbonyl (C=O) groups is 1. The van der Waals surface area contributed by atoms with Gasteiger partial charge >= 0.3 is 0 Å². The van der Waals surface area contributed by atoms with Crippen molar-refractivity contribution in [3.05, 3.63) is 0 Å². The van der Waals surface area contributed by atoms with Crippen LogP contribution in [0, 0.1) is 0 Å². The molecular weight excluding hydrogens is 210 g/mol.